The summed E-state index contributed by atoms with van der Waals surface area (Å²) in [5.74, 6) is 4.44. The first-order chi connectivity index (χ1) is 9.11. The lowest BCUT2D eigenvalue weighted by Crippen LogP contribution is -2.44. The van der Waals surface area contributed by atoms with E-state index in [-0.39, 0.29) is 5.56 Å². The Balaban J connectivity index is 1.77. The number of nitrogen functional groups attached to an aromatic ring is 1. The molecule has 4 heteroatoms. The molecule has 0 atom stereocenters. The van der Waals surface area contributed by atoms with Crippen molar-refractivity contribution < 1.29 is 0 Å². The summed E-state index contributed by atoms with van der Waals surface area (Å²) in [5, 5.41) is 4.19. The minimum absolute atomic E-state index is 0.0296. The number of hydrogen-bond acceptors (Lipinski definition) is 3. The average molecular weight is 259 g/mol. The van der Waals surface area contributed by atoms with Crippen LogP contribution in [0.15, 0.2) is 10.9 Å². The molecule has 0 spiro atoms. The van der Waals surface area contributed by atoms with Gasteiger partial charge in [0.05, 0.1) is 0 Å². The standard InChI is InChI=1S/C15H21N3O/c1-18-13(19)7-12(15(16)17-18)14-10-3-8-2-9(5-10)6-11(14)4-8/h7-11,14H,2-6H2,1H3,(H2,16,17). The highest BCUT2D eigenvalue weighted by Gasteiger charge is 2.49. The minimum atomic E-state index is -0.0296. The van der Waals surface area contributed by atoms with Crippen molar-refractivity contribution in [2.75, 3.05) is 5.73 Å². The zero-order chi connectivity index (χ0) is 13.1. The van der Waals surface area contributed by atoms with E-state index in [2.05, 4.69) is 5.10 Å². The molecule has 4 nitrogen and oxygen atoms in total. The first-order valence-corrected chi connectivity index (χ1v) is 7.45. The maximum Gasteiger partial charge on any atom is 0.266 e. The molecule has 1 aromatic rings. The lowest BCUT2D eigenvalue weighted by molar-refractivity contribution is -0.00274. The lowest BCUT2D eigenvalue weighted by Gasteiger charge is -2.54. The van der Waals surface area contributed by atoms with E-state index in [1.807, 2.05) is 0 Å². The molecule has 0 amide bonds. The molecule has 4 saturated carbocycles. The molecular weight excluding hydrogens is 238 g/mol. The second-order valence-electron chi connectivity index (χ2n) is 6.90. The van der Waals surface area contributed by atoms with E-state index in [9.17, 15) is 4.79 Å². The van der Waals surface area contributed by atoms with E-state index in [0.717, 1.165) is 29.2 Å². The summed E-state index contributed by atoms with van der Waals surface area (Å²) in [6.45, 7) is 0. The Labute approximate surface area is 113 Å². The summed E-state index contributed by atoms with van der Waals surface area (Å²) in [7, 11) is 1.67. The number of aryl methyl sites for hydroxylation is 1. The zero-order valence-corrected chi connectivity index (χ0v) is 11.4. The Kier molecular flexibility index (Phi) is 2.32. The molecule has 0 aromatic carbocycles. The first-order valence-electron chi connectivity index (χ1n) is 7.45. The molecule has 1 heterocycles. The van der Waals surface area contributed by atoms with Gasteiger partial charge in [0.2, 0.25) is 0 Å². The molecular formula is C15H21N3O. The van der Waals surface area contributed by atoms with Crippen LogP contribution in [-0.4, -0.2) is 9.78 Å². The minimum Gasteiger partial charge on any atom is -0.382 e. The Bertz CT molecular complexity index is 549. The van der Waals surface area contributed by atoms with Crippen molar-refractivity contribution in [1.82, 2.24) is 9.78 Å². The number of rotatable bonds is 1. The topological polar surface area (TPSA) is 60.9 Å². The Morgan fingerprint density at radius 3 is 2.32 bits per heavy atom. The van der Waals surface area contributed by atoms with Gasteiger partial charge in [0.15, 0.2) is 0 Å². The molecule has 0 aliphatic heterocycles. The van der Waals surface area contributed by atoms with E-state index < -0.39 is 0 Å². The second-order valence-corrected chi connectivity index (χ2v) is 6.90. The fraction of sp³-hybridized carbons (Fsp3) is 0.733. The van der Waals surface area contributed by atoms with Crippen molar-refractivity contribution in [2.45, 2.75) is 38.0 Å². The van der Waals surface area contributed by atoms with Gasteiger partial charge in [-0.3, -0.25) is 4.79 Å². The normalized spacial score (nSPS) is 39.7. The highest BCUT2D eigenvalue weighted by atomic mass is 16.1. The molecule has 102 valence electrons. The van der Waals surface area contributed by atoms with E-state index in [0.29, 0.717) is 11.7 Å². The summed E-state index contributed by atoms with van der Waals surface area (Å²) >= 11 is 0. The van der Waals surface area contributed by atoms with Gasteiger partial charge < -0.3 is 5.73 Å². The van der Waals surface area contributed by atoms with Gasteiger partial charge in [0.1, 0.15) is 5.82 Å². The first kappa shape index (κ1) is 11.5. The molecule has 0 unspecified atom stereocenters. The average Bonchev–Trinajstić information content (AvgIpc) is 2.34. The van der Waals surface area contributed by atoms with Crippen molar-refractivity contribution in [2.24, 2.45) is 30.7 Å². The third kappa shape index (κ3) is 1.65. The molecule has 1 aromatic heterocycles. The van der Waals surface area contributed by atoms with Gasteiger partial charge in [-0.25, -0.2) is 4.68 Å². The van der Waals surface area contributed by atoms with Gasteiger partial charge in [0.25, 0.3) is 5.56 Å². The van der Waals surface area contributed by atoms with E-state index >= 15 is 0 Å². The summed E-state index contributed by atoms with van der Waals surface area (Å²) < 4.78 is 1.34. The van der Waals surface area contributed by atoms with Crippen LogP contribution in [0.25, 0.3) is 0 Å². The van der Waals surface area contributed by atoms with Crippen LogP contribution in [0, 0.1) is 23.7 Å². The lowest BCUT2D eigenvalue weighted by atomic mass is 9.51. The maximum absolute atomic E-state index is 11.9. The van der Waals surface area contributed by atoms with Crippen LogP contribution >= 0.6 is 0 Å². The zero-order valence-electron chi connectivity index (χ0n) is 11.4. The van der Waals surface area contributed by atoms with Gasteiger partial charge >= 0.3 is 0 Å². The predicted octanol–water partition coefficient (Wildman–Crippen LogP) is 1.90. The Morgan fingerprint density at radius 1 is 1.16 bits per heavy atom. The van der Waals surface area contributed by atoms with E-state index in [1.165, 1.54) is 36.8 Å². The Hall–Kier alpha value is -1.32. The summed E-state index contributed by atoms with van der Waals surface area (Å²) in [4.78, 5) is 11.9. The van der Waals surface area contributed by atoms with Gasteiger partial charge in [-0.05, 0) is 61.7 Å². The number of aromatic nitrogens is 2. The summed E-state index contributed by atoms with van der Waals surface area (Å²) in [6.07, 6.45) is 6.81. The van der Waals surface area contributed by atoms with Crippen molar-refractivity contribution in [3.05, 3.63) is 22.0 Å². The monoisotopic (exact) mass is 259 g/mol. The molecule has 4 bridgehead atoms. The van der Waals surface area contributed by atoms with E-state index in [4.69, 9.17) is 5.73 Å². The van der Waals surface area contributed by atoms with Crippen molar-refractivity contribution >= 4 is 5.82 Å². The van der Waals surface area contributed by atoms with Gasteiger partial charge in [-0.15, -0.1) is 0 Å². The number of nitrogens with two attached hydrogens (primary N) is 1. The molecule has 4 aliphatic rings. The Morgan fingerprint density at radius 2 is 1.74 bits per heavy atom. The predicted molar refractivity (Wildman–Crippen MR) is 73.7 cm³/mol. The molecule has 0 radical (unpaired) electrons. The maximum atomic E-state index is 11.9. The third-order valence-electron chi connectivity index (χ3n) is 5.74. The number of anilines is 1. The van der Waals surface area contributed by atoms with Crippen molar-refractivity contribution in [1.29, 1.82) is 0 Å². The quantitative estimate of drug-likeness (QED) is 0.838. The number of nitrogens with zero attached hydrogens (tertiary/aromatic N) is 2. The fourth-order valence-corrected chi connectivity index (χ4v) is 5.27. The van der Waals surface area contributed by atoms with Gasteiger partial charge in [0, 0.05) is 18.7 Å². The smallest absolute Gasteiger partial charge is 0.266 e. The molecule has 4 aliphatic carbocycles. The van der Waals surface area contributed by atoms with Crippen molar-refractivity contribution in [3.8, 4) is 0 Å². The van der Waals surface area contributed by atoms with Crippen LogP contribution in [0.5, 0.6) is 0 Å². The van der Waals surface area contributed by atoms with Crippen LogP contribution in [-0.2, 0) is 7.05 Å². The van der Waals surface area contributed by atoms with Gasteiger partial charge in [-0.1, -0.05) is 0 Å². The fourth-order valence-electron chi connectivity index (χ4n) is 5.27. The van der Waals surface area contributed by atoms with Crippen LogP contribution in [0.1, 0.15) is 43.6 Å². The van der Waals surface area contributed by atoms with Crippen LogP contribution in [0.4, 0.5) is 5.82 Å². The second kappa shape index (κ2) is 3.84. The van der Waals surface area contributed by atoms with E-state index in [1.54, 1.807) is 13.1 Å². The summed E-state index contributed by atoms with van der Waals surface area (Å²) in [5.41, 5.74) is 7.11. The summed E-state index contributed by atoms with van der Waals surface area (Å²) in [6, 6.07) is 1.75. The third-order valence-corrected chi connectivity index (χ3v) is 5.74. The molecule has 2 N–H and O–H groups in total. The highest BCUT2D eigenvalue weighted by Crippen LogP contribution is 2.60. The van der Waals surface area contributed by atoms with Crippen LogP contribution < -0.4 is 11.3 Å². The molecule has 5 rings (SSSR count). The number of hydrogen-bond donors (Lipinski definition) is 1. The molecule has 4 fully saturated rings. The molecule has 19 heavy (non-hydrogen) atoms. The van der Waals surface area contributed by atoms with Crippen LogP contribution in [0.2, 0.25) is 0 Å². The van der Waals surface area contributed by atoms with Crippen LogP contribution in [0.3, 0.4) is 0 Å². The largest absolute Gasteiger partial charge is 0.382 e. The highest BCUT2D eigenvalue weighted by molar-refractivity contribution is 5.41. The molecule has 0 saturated heterocycles. The van der Waals surface area contributed by atoms with Gasteiger partial charge in [-0.2, -0.15) is 5.10 Å². The SMILES string of the molecule is Cn1nc(N)c(C2C3CC4CC(C3)CC2C4)cc1=O. The van der Waals surface area contributed by atoms with Crippen molar-refractivity contribution in [3.63, 3.8) is 0 Å².